The number of nitroso groups, excluding NO2 is 1. The highest BCUT2D eigenvalue weighted by Crippen LogP contribution is 2.39. The molecule has 27 heavy (non-hydrogen) atoms. The second-order valence-electron chi connectivity index (χ2n) is 6.39. The molecule has 1 heterocycles. The summed E-state index contributed by atoms with van der Waals surface area (Å²) in [4.78, 5) is 15.5. The summed E-state index contributed by atoms with van der Waals surface area (Å²) in [7, 11) is 3.17. The normalized spacial score (nSPS) is 11.9. The van der Waals surface area contributed by atoms with Crippen LogP contribution in [0.5, 0.6) is 23.0 Å². The first kappa shape index (κ1) is 18.6. The first-order valence-electron chi connectivity index (χ1n) is 8.60. The molecule has 0 radical (unpaired) electrons. The Balaban J connectivity index is 2.15. The number of aromatic nitrogens is 1. The zero-order valence-corrected chi connectivity index (χ0v) is 16.1. The zero-order valence-electron chi connectivity index (χ0n) is 16.1. The Bertz CT molecular complexity index is 1000. The second kappa shape index (κ2) is 7.61. The van der Waals surface area contributed by atoms with Gasteiger partial charge in [0.25, 0.3) is 0 Å². The molecule has 1 aromatic heterocycles. The molecule has 0 bridgehead atoms. The number of aryl methyl sites for hydroxylation is 2. The number of ether oxygens (including phenoxy) is 3. The van der Waals surface area contributed by atoms with E-state index < -0.39 is 6.04 Å². The van der Waals surface area contributed by atoms with E-state index >= 15 is 0 Å². The maximum atomic E-state index is 11.1. The van der Waals surface area contributed by atoms with E-state index in [4.69, 9.17) is 14.2 Å². The molecule has 0 aliphatic carbocycles. The Hall–Kier alpha value is -3.15. The number of nitrogens with zero attached hydrogens (tertiary/aromatic N) is 2. The van der Waals surface area contributed by atoms with E-state index in [-0.39, 0.29) is 0 Å². The maximum Gasteiger partial charge on any atom is 0.162 e. The lowest BCUT2D eigenvalue weighted by molar-refractivity contribution is 0.355. The molecule has 0 amide bonds. The van der Waals surface area contributed by atoms with Crippen LogP contribution < -0.4 is 14.2 Å². The molecule has 0 saturated carbocycles. The molecule has 3 aromatic rings. The van der Waals surface area contributed by atoms with E-state index in [0.717, 1.165) is 27.6 Å². The van der Waals surface area contributed by atoms with Gasteiger partial charge >= 0.3 is 0 Å². The van der Waals surface area contributed by atoms with Crippen molar-refractivity contribution in [1.29, 1.82) is 0 Å². The van der Waals surface area contributed by atoms with Crippen molar-refractivity contribution in [1.82, 2.24) is 4.98 Å². The van der Waals surface area contributed by atoms with E-state index in [1.807, 2.05) is 32.0 Å². The van der Waals surface area contributed by atoms with Gasteiger partial charge in [0.1, 0.15) is 17.5 Å². The van der Waals surface area contributed by atoms with Gasteiger partial charge in [-0.15, -0.1) is 0 Å². The van der Waals surface area contributed by atoms with E-state index in [9.17, 15) is 4.91 Å². The third kappa shape index (κ3) is 3.56. The molecular formula is C21H22N2O4. The fourth-order valence-corrected chi connectivity index (χ4v) is 2.94. The lowest BCUT2D eigenvalue weighted by atomic mass is 10.0. The molecule has 0 aliphatic rings. The Labute approximate surface area is 158 Å². The summed E-state index contributed by atoms with van der Waals surface area (Å²) in [6.45, 7) is 5.76. The number of methoxy groups -OCH3 is 2. The fraction of sp³-hybridized carbons (Fsp3) is 0.286. The topological polar surface area (TPSA) is 70.0 Å². The van der Waals surface area contributed by atoms with Crippen LogP contribution in [0.2, 0.25) is 0 Å². The SMILES string of the molecule is COc1cc2nccc(Oc3cc(C)c(C)cc3C(C)N=O)c2cc1OC. The highest BCUT2D eigenvalue weighted by molar-refractivity contribution is 5.88. The van der Waals surface area contributed by atoms with Crippen LogP contribution in [0.1, 0.15) is 29.7 Å². The van der Waals surface area contributed by atoms with Gasteiger partial charge in [0.05, 0.1) is 19.7 Å². The zero-order chi connectivity index (χ0) is 19.6. The highest BCUT2D eigenvalue weighted by Gasteiger charge is 2.17. The van der Waals surface area contributed by atoms with E-state index in [1.54, 1.807) is 39.5 Å². The molecule has 6 nitrogen and oxygen atoms in total. The van der Waals surface area contributed by atoms with Crippen molar-refractivity contribution in [2.45, 2.75) is 26.8 Å². The lowest BCUT2D eigenvalue weighted by Gasteiger charge is -2.17. The number of benzene rings is 2. The van der Waals surface area contributed by atoms with Crippen LogP contribution in [0.3, 0.4) is 0 Å². The predicted molar refractivity (Wildman–Crippen MR) is 105 cm³/mol. The Morgan fingerprint density at radius 1 is 0.926 bits per heavy atom. The molecule has 0 fully saturated rings. The predicted octanol–water partition coefficient (Wildman–Crippen LogP) is 5.49. The van der Waals surface area contributed by atoms with Crippen LogP contribution in [0, 0.1) is 18.8 Å². The summed E-state index contributed by atoms with van der Waals surface area (Å²) >= 11 is 0. The van der Waals surface area contributed by atoms with Gasteiger partial charge in [-0.3, -0.25) is 4.98 Å². The summed E-state index contributed by atoms with van der Waals surface area (Å²) in [6, 6.07) is 8.79. The fourth-order valence-electron chi connectivity index (χ4n) is 2.94. The van der Waals surface area contributed by atoms with Crippen molar-refractivity contribution >= 4 is 10.9 Å². The molecule has 2 aromatic carbocycles. The third-order valence-electron chi connectivity index (χ3n) is 4.66. The van der Waals surface area contributed by atoms with Gasteiger partial charge in [-0.05, 0) is 56.2 Å². The first-order chi connectivity index (χ1) is 13.0. The van der Waals surface area contributed by atoms with Crippen LogP contribution >= 0.6 is 0 Å². The van der Waals surface area contributed by atoms with Crippen LogP contribution in [0.25, 0.3) is 10.9 Å². The number of fused-ring (bicyclic) bond motifs is 1. The molecule has 0 spiro atoms. The van der Waals surface area contributed by atoms with Gasteiger partial charge in [-0.1, -0.05) is 5.18 Å². The summed E-state index contributed by atoms with van der Waals surface area (Å²) < 4.78 is 17.0. The lowest BCUT2D eigenvalue weighted by Crippen LogP contribution is -1.98. The number of hydrogen-bond acceptors (Lipinski definition) is 6. The largest absolute Gasteiger partial charge is 0.493 e. The quantitative estimate of drug-likeness (QED) is 0.540. The van der Waals surface area contributed by atoms with Crippen molar-refractivity contribution in [2.75, 3.05) is 14.2 Å². The summed E-state index contributed by atoms with van der Waals surface area (Å²) in [5.74, 6) is 2.41. The van der Waals surface area contributed by atoms with E-state index in [1.165, 1.54) is 0 Å². The van der Waals surface area contributed by atoms with Crippen molar-refractivity contribution in [3.63, 3.8) is 0 Å². The molecule has 1 unspecified atom stereocenters. The smallest absolute Gasteiger partial charge is 0.162 e. The average Bonchev–Trinajstić information content (AvgIpc) is 2.69. The average molecular weight is 366 g/mol. The second-order valence-corrected chi connectivity index (χ2v) is 6.39. The molecule has 3 rings (SSSR count). The van der Waals surface area contributed by atoms with Crippen molar-refractivity contribution in [2.24, 2.45) is 5.18 Å². The Morgan fingerprint density at radius 3 is 2.26 bits per heavy atom. The molecule has 0 aliphatic heterocycles. The molecule has 0 saturated heterocycles. The molecule has 140 valence electrons. The Kier molecular flexibility index (Phi) is 5.26. The Morgan fingerprint density at radius 2 is 1.59 bits per heavy atom. The van der Waals surface area contributed by atoms with Crippen LogP contribution in [-0.4, -0.2) is 19.2 Å². The molecular weight excluding hydrogens is 344 g/mol. The molecule has 1 atom stereocenters. The van der Waals surface area contributed by atoms with Crippen molar-refractivity contribution < 1.29 is 14.2 Å². The highest BCUT2D eigenvalue weighted by atomic mass is 16.5. The minimum atomic E-state index is -0.512. The van der Waals surface area contributed by atoms with Crippen LogP contribution in [0.15, 0.2) is 41.7 Å². The van der Waals surface area contributed by atoms with Gasteiger partial charge in [-0.25, -0.2) is 0 Å². The van der Waals surface area contributed by atoms with Gasteiger partial charge in [-0.2, -0.15) is 4.91 Å². The van der Waals surface area contributed by atoms with E-state index in [2.05, 4.69) is 10.2 Å². The van der Waals surface area contributed by atoms with Crippen molar-refractivity contribution in [3.05, 3.63) is 58.1 Å². The summed E-state index contributed by atoms with van der Waals surface area (Å²) in [5, 5.41) is 3.95. The molecule has 6 heteroatoms. The minimum absolute atomic E-state index is 0.512. The van der Waals surface area contributed by atoms with Gasteiger partial charge in [0.2, 0.25) is 0 Å². The van der Waals surface area contributed by atoms with Crippen molar-refractivity contribution in [3.8, 4) is 23.0 Å². The van der Waals surface area contributed by atoms with Gasteiger partial charge in [0, 0.05) is 23.2 Å². The molecule has 0 N–H and O–H groups in total. The third-order valence-corrected chi connectivity index (χ3v) is 4.66. The van der Waals surface area contributed by atoms with E-state index in [0.29, 0.717) is 23.0 Å². The number of hydrogen-bond donors (Lipinski definition) is 0. The van der Waals surface area contributed by atoms with Crippen LogP contribution in [-0.2, 0) is 0 Å². The standard InChI is InChI=1S/C21H22N2O4/c1-12-8-15(14(3)23-24)19(9-13(12)2)27-18-6-7-22-17-11-21(26-5)20(25-4)10-16(17)18/h6-11,14H,1-5H3. The van der Waals surface area contributed by atoms with Crippen LogP contribution in [0.4, 0.5) is 0 Å². The summed E-state index contributed by atoms with van der Waals surface area (Å²) in [5.41, 5.74) is 3.62. The monoisotopic (exact) mass is 366 g/mol. The first-order valence-corrected chi connectivity index (χ1v) is 8.60. The van der Waals surface area contributed by atoms with Gasteiger partial charge < -0.3 is 14.2 Å². The summed E-state index contributed by atoms with van der Waals surface area (Å²) in [6.07, 6.45) is 1.67. The minimum Gasteiger partial charge on any atom is -0.493 e. The maximum absolute atomic E-state index is 11.1. The van der Waals surface area contributed by atoms with Gasteiger partial charge in [0.15, 0.2) is 11.5 Å². The number of rotatable bonds is 6. The number of pyridine rings is 1.